The number of amides is 5. The number of imide groups is 1. The normalized spacial score (nSPS) is 22.1. The van der Waals surface area contributed by atoms with Crippen molar-refractivity contribution in [2.24, 2.45) is 0 Å². The number of carbonyl (C=O) groups excluding carboxylic acids is 4. The Kier molecular flexibility index (Phi) is 5.94. The van der Waals surface area contributed by atoms with Crippen LogP contribution in [0.4, 0.5) is 4.79 Å². The Hall–Kier alpha value is -3.30. The number of carbonyl (C=O) groups is 4. The van der Waals surface area contributed by atoms with Crippen molar-refractivity contribution < 1.29 is 28.7 Å². The third-order valence-corrected chi connectivity index (χ3v) is 5.94. The Morgan fingerprint density at radius 1 is 1.06 bits per heavy atom. The van der Waals surface area contributed by atoms with E-state index in [1.54, 1.807) is 35.8 Å². The fourth-order valence-electron chi connectivity index (χ4n) is 4.09. The maximum atomic E-state index is 12.8. The monoisotopic (exact) mass is 444 g/mol. The fraction of sp³-hybridized carbons (Fsp3) is 0.545. The number of ether oxygens (including phenoxy) is 2. The van der Waals surface area contributed by atoms with Gasteiger partial charge in [-0.2, -0.15) is 0 Å². The summed E-state index contributed by atoms with van der Waals surface area (Å²) in [6.07, 6.45) is -0.0534. The van der Waals surface area contributed by atoms with Gasteiger partial charge in [0.2, 0.25) is 12.0 Å². The van der Waals surface area contributed by atoms with E-state index in [9.17, 15) is 19.2 Å². The summed E-state index contributed by atoms with van der Waals surface area (Å²) in [4.78, 5) is 54.1. The first-order chi connectivity index (χ1) is 15.3. The Bertz CT molecular complexity index is 925. The fourth-order valence-corrected chi connectivity index (χ4v) is 4.09. The molecule has 2 fully saturated rings. The van der Waals surface area contributed by atoms with E-state index in [-0.39, 0.29) is 37.3 Å². The van der Waals surface area contributed by atoms with Crippen LogP contribution in [0.2, 0.25) is 0 Å². The van der Waals surface area contributed by atoms with Crippen molar-refractivity contribution in [1.29, 1.82) is 0 Å². The number of hydrogen-bond acceptors (Lipinski definition) is 6. The molecule has 1 N–H and O–H groups in total. The van der Waals surface area contributed by atoms with Gasteiger partial charge < -0.3 is 24.6 Å². The predicted molar refractivity (Wildman–Crippen MR) is 113 cm³/mol. The molecule has 3 heterocycles. The Labute approximate surface area is 186 Å². The third-order valence-electron chi connectivity index (χ3n) is 5.94. The van der Waals surface area contributed by atoms with Crippen LogP contribution in [0.3, 0.4) is 0 Å². The molecule has 5 amide bonds. The van der Waals surface area contributed by atoms with Crippen molar-refractivity contribution >= 4 is 23.8 Å². The molecule has 10 heteroatoms. The first kappa shape index (κ1) is 21.9. The number of benzene rings is 1. The number of fused-ring (bicyclic) bond motifs is 1. The van der Waals surface area contributed by atoms with Crippen LogP contribution in [0.1, 0.15) is 26.7 Å². The number of nitrogens with one attached hydrogen (secondary N) is 1. The van der Waals surface area contributed by atoms with Gasteiger partial charge in [-0.25, -0.2) is 4.79 Å². The molecule has 10 nitrogen and oxygen atoms in total. The molecule has 3 aliphatic rings. The average molecular weight is 444 g/mol. The summed E-state index contributed by atoms with van der Waals surface area (Å²) in [7, 11) is 0. The van der Waals surface area contributed by atoms with Crippen LogP contribution in [-0.2, 0) is 14.4 Å². The van der Waals surface area contributed by atoms with E-state index in [2.05, 4.69) is 5.32 Å². The van der Waals surface area contributed by atoms with Gasteiger partial charge in [0.05, 0.1) is 0 Å². The summed E-state index contributed by atoms with van der Waals surface area (Å²) in [6.45, 7) is 5.40. The zero-order chi connectivity index (χ0) is 22.9. The van der Waals surface area contributed by atoms with Gasteiger partial charge in [-0.15, -0.1) is 0 Å². The van der Waals surface area contributed by atoms with Gasteiger partial charge in [-0.3, -0.25) is 19.3 Å². The lowest BCUT2D eigenvalue weighted by Crippen LogP contribution is -2.55. The topological polar surface area (TPSA) is 108 Å². The summed E-state index contributed by atoms with van der Waals surface area (Å²) in [5, 5.41) is 2.63. The minimum Gasteiger partial charge on any atom is -0.485 e. The zero-order valence-electron chi connectivity index (χ0n) is 18.3. The molecule has 1 aromatic rings. The Morgan fingerprint density at radius 2 is 1.72 bits per heavy atom. The summed E-state index contributed by atoms with van der Waals surface area (Å²) in [5.41, 5.74) is -0.904. The second kappa shape index (κ2) is 8.68. The average Bonchev–Trinajstić information content (AvgIpc) is 2.99. The van der Waals surface area contributed by atoms with Crippen molar-refractivity contribution in [2.45, 2.75) is 38.3 Å². The highest BCUT2D eigenvalue weighted by Gasteiger charge is 2.43. The number of nitrogens with zero attached hydrogens (tertiary/aromatic N) is 3. The maximum Gasteiger partial charge on any atom is 0.325 e. The molecule has 1 atom stereocenters. The standard InChI is InChI=1S/C22H28N4O6/c1-22(2)20(29)26(21(30)23-22)9-5-8-18(27)24-10-12-25(13-11-24)19(28)17-14-31-15-6-3-4-7-16(15)32-17/h3-4,6-7,17H,5,8-14H2,1-2H3,(H,23,30). The highest BCUT2D eigenvalue weighted by atomic mass is 16.6. The molecule has 3 aliphatic heterocycles. The number of rotatable bonds is 5. The molecular weight excluding hydrogens is 416 g/mol. The van der Waals surface area contributed by atoms with Crippen molar-refractivity contribution in [2.75, 3.05) is 39.3 Å². The van der Waals surface area contributed by atoms with E-state index in [0.717, 1.165) is 4.90 Å². The van der Waals surface area contributed by atoms with E-state index >= 15 is 0 Å². The summed E-state index contributed by atoms with van der Waals surface area (Å²) in [6, 6.07) is 6.82. The first-order valence-electron chi connectivity index (χ1n) is 10.9. The zero-order valence-corrected chi connectivity index (χ0v) is 18.3. The van der Waals surface area contributed by atoms with Crippen LogP contribution in [-0.4, -0.2) is 89.4 Å². The summed E-state index contributed by atoms with van der Waals surface area (Å²) >= 11 is 0. The minimum absolute atomic E-state index is 0.0467. The molecule has 0 saturated carbocycles. The largest absolute Gasteiger partial charge is 0.485 e. The van der Waals surface area contributed by atoms with E-state index in [1.807, 2.05) is 12.1 Å². The second-order valence-electron chi connectivity index (χ2n) is 8.69. The van der Waals surface area contributed by atoms with Gasteiger partial charge in [0.1, 0.15) is 12.1 Å². The van der Waals surface area contributed by atoms with Crippen LogP contribution in [0.25, 0.3) is 0 Å². The van der Waals surface area contributed by atoms with Gasteiger partial charge in [0.25, 0.3) is 11.8 Å². The van der Waals surface area contributed by atoms with Crippen molar-refractivity contribution in [1.82, 2.24) is 20.0 Å². The van der Waals surface area contributed by atoms with Gasteiger partial charge >= 0.3 is 6.03 Å². The van der Waals surface area contributed by atoms with Crippen LogP contribution in [0.15, 0.2) is 24.3 Å². The van der Waals surface area contributed by atoms with Gasteiger partial charge in [0.15, 0.2) is 11.5 Å². The number of piperazine rings is 1. The molecule has 32 heavy (non-hydrogen) atoms. The first-order valence-corrected chi connectivity index (χ1v) is 10.9. The smallest absolute Gasteiger partial charge is 0.325 e. The molecule has 1 aromatic carbocycles. The number of para-hydroxylation sites is 2. The van der Waals surface area contributed by atoms with Crippen molar-refractivity contribution in [3.63, 3.8) is 0 Å². The lowest BCUT2D eigenvalue weighted by molar-refractivity contribution is -0.146. The molecule has 4 rings (SSSR count). The molecule has 1 unspecified atom stereocenters. The number of urea groups is 1. The predicted octanol–water partition coefficient (Wildman–Crippen LogP) is 0.608. The lowest BCUT2D eigenvalue weighted by atomic mass is 10.1. The van der Waals surface area contributed by atoms with Crippen LogP contribution < -0.4 is 14.8 Å². The van der Waals surface area contributed by atoms with Crippen LogP contribution >= 0.6 is 0 Å². The molecular formula is C22H28N4O6. The van der Waals surface area contributed by atoms with E-state index in [1.165, 1.54) is 0 Å². The molecule has 0 radical (unpaired) electrons. The van der Waals surface area contributed by atoms with E-state index < -0.39 is 17.7 Å². The van der Waals surface area contributed by atoms with Gasteiger partial charge in [-0.05, 0) is 32.4 Å². The minimum atomic E-state index is -0.904. The van der Waals surface area contributed by atoms with Gasteiger partial charge in [-0.1, -0.05) is 12.1 Å². The molecule has 0 bridgehead atoms. The number of hydrogen-bond donors (Lipinski definition) is 1. The van der Waals surface area contributed by atoms with E-state index in [4.69, 9.17) is 9.47 Å². The van der Waals surface area contributed by atoms with Crippen molar-refractivity contribution in [3.8, 4) is 11.5 Å². The lowest BCUT2D eigenvalue weighted by Gasteiger charge is -2.37. The Morgan fingerprint density at radius 3 is 2.38 bits per heavy atom. The van der Waals surface area contributed by atoms with Gasteiger partial charge in [0, 0.05) is 39.1 Å². The van der Waals surface area contributed by atoms with Crippen molar-refractivity contribution in [3.05, 3.63) is 24.3 Å². The summed E-state index contributed by atoms with van der Waals surface area (Å²) < 4.78 is 11.4. The SMILES string of the molecule is CC1(C)NC(=O)N(CCCC(=O)N2CCN(C(=O)C3COc4ccccc4O3)CC2)C1=O. The third kappa shape index (κ3) is 4.35. The molecule has 0 spiro atoms. The van der Waals surface area contributed by atoms with Crippen LogP contribution in [0.5, 0.6) is 11.5 Å². The molecule has 172 valence electrons. The highest BCUT2D eigenvalue weighted by molar-refractivity contribution is 6.06. The van der Waals surface area contributed by atoms with E-state index in [0.29, 0.717) is 44.1 Å². The molecule has 2 saturated heterocycles. The Balaban J connectivity index is 1.21. The molecule has 0 aliphatic carbocycles. The molecule has 0 aromatic heterocycles. The maximum absolute atomic E-state index is 12.8. The highest BCUT2D eigenvalue weighted by Crippen LogP contribution is 2.31. The van der Waals surface area contributed by atoms with Crippen LogP contribution in [0, 0.1) is 0 Å². The summed E-state index contributed by atoms with van der Waals surface area (Å²) in [5.74, 6) is 0.712. The second-order valence-corrected chi connectivity index (χ2v) is 8.69. The quantitative estimate of drug-likeness (QED) is 0.667.